The van der Waals surface area contributed by atoms with Crippen LogP contribution < -0.4 is 0 Å². The van der Waals surface area contributed by atoms with Crippen molar-refractivity contribution in [3.8, 4) is 0 Å². The van der Waals surface area contributed by atoms with Gasteiger partial charge in [-0.2, -0.15) is 0 Å². The van der Waals surface area contributed by atoms with Crippen molar-refractivity contribution >= 4 is 15.9 Å². The third-order valence-corrected chi connectivity index (χ3v) is 2.69. The molecule has 1 atom stereocenters. The Balaban J connectivity index is 3.15. The van der Waals surface area contributed by atoms with E-state index in [4.69, 9.17) is 5.53 Å². The fourth-order valence-electron chi connectivity index (χ4n) is 1.09. The second-order valence-corrected chi connectivity index (χ2v) is 3.50. The Kier molecular flexibility index (Phi) is 2.95. The maximum atomic E-state index is 8.28. The topological polar surface area (TPSA) is 66.6 Å². The fourth-order valence-corrected chi connectivity index (χ4v) is 1.55. The largest absolute Gasteiger partial charge is 0.326 e. The van der Waals surface area contributed by atoms with E-state index in [1.165, 1.54) is 0 Å². The third-order valence-electron chi connectivity index (χ3n) is 1.98. The van der Waals surface area contributed by atoms with Crippen LogP contribution in [0.15, 0.2) is 9.85 Å². The van der Waals surface area contributed by atoms with Crippen LogP contribution in [0.1, 0.15) is 24.4 Å². The van der Waals surface area contributed by atoms with Crippen LogP contribution >= 0.6 is 15.9 Å². The van der Waals surface area contributed by atoms with Gasteiger partial charge in [0.05, 0.1) is 11.7 Å². The average Bonchev–Trinajstić information content (AvgIpc) is 2.33. The SMILES string of the molecule is Cc1c(C(C)N=[N+]=[N-])nc(Br)n1C. The first-order chi connectivity index (χ1) is 6.07. The van der Waals surface area contributed by atoms with E-state index in [1.54, 1.807) is 0 Å². The van der Waals surface area contributed by atoms with E-state index >= 15 is 0 Å². The molecule has 0 radical (unpaired) electrons. The molecule has 1 aromatic heterocycles. The van der Waals surface area contributed by atoms with Crippen LogP contribution in [0, 0.1) is 6.92 Å². The van der Waals surface area contributed by atoms with E-state index in [0.717, 1.165) is 16.1 Å². The smallest absolute Gasteiger partial charge is 0.177 e. The zero-order chi connectivity index (χ0) is 10.0. The number of nitrogens with zero attached hydrogens (tertiary/aromatic N) is 5. The van der Waals surface area contributed by atoms with Crippen molar-refractivity contribution in [3.63, 3.8) is 0 Å². The average molecular weight is 244 g/mol. The molecule has 6 heteroatoms. The zero-order valence-electron chi connectivity index (χ0n) is 7.69. The molecule has 70 valence electrons. The van der Waals surface area contributed by atoms with Crippen LogP contribution in [0.5, 0.6) is 0 Å². The highest BCUT2D eigenvalue weighted by atomic mass is 79.9. The van der Waals surface area contributed by atoms with Crippen LogP contribution in [-0.4, -0.2) is 9.55 Å². The molecule has 0 bridgehead atoms. The Morgan fingerprint density at radius 1 is 1.69 bits per heavy atom. The van der Waals surface area contributed by atoms with Gasteiger partial charge < -0.3 is 4.57 Å². The summed E-state index contributed by atoms with van der Waals surface area (Å²) in [5.74, 6) is 0. The first-order valence-corrected chi connectivity index (χ1v) is 4.60. The van der Waals surface area contributed by atoms with Gasteiger partial charge in [0, 0.05) is 17.7 Å². The van der Waals surface area contributed by atoms with Gasteiger partial charge in [0.2, 0.25) is 0 Å². The maximum absolute atomic E-state index is 8.28. The lowest BCUT2D eigenvalue weighted by atomic mass is 10.2. The lowest BCUT2D eigenvalue weighted by molar-refractivity contribution is 0.764. The number of rotatable bonds is 2. The van der Waals surface area contributed by atoms with Crippen molar-refractivity contribution < 1.29 is 0 Å². The van der Waals surface area contributed by atoms with E-state index in [1.807, 2.05) is 25.5 Å². The van der Waals surface area contributed by atoms with Gasteiger partial charge in [0.1, 0.15) is 0 Å². The number of imidazole rings is 1. The molecule has 0 aliphatic carbocycles. The second kappa shape index (κ2) is 3.81. The minimum Gasteiger partial charge on any atom is -0.326 e. The number of hydrogen-bond donors (Lipinski definition) is 0. The molecule has 0 saturated carbocycles. The minimum atomic E-state index is -0.220. The van der Waals surface area contributed by atoms with Gasteiger partial charge in [-0.1, -0.05) is 12.0 Å². The highest BCUT2D eigenvalue weighted by molar-refractivity contribution is 9.10. The van der Waals surface area contributed by atoms with Gasteiger partial charge in [0.25, 0.3) is 0 Å². The van der Waals surface area contributed by atoms with Gasteiger partial charge in [-0.3, -0.25) is 0 Å². The Morgan fingerprint density at radius 3 is 2.69 bits per heavy atom. The normalized spacial score (nSPS) is 12.3. The predicted molar refractivity (Wildman–Crippen MR) is 53.2 cm³/mol. The molecule has 13 heavy (non-hydrogen) atoms. The van der Waals surface area contributed by atoms with Gasteiger partial charge in [-0.15, -0.1) is 0 Å². The van der Waals surface area contributed by atoms with Crippen LogP contribution in [0.4, 0.5) is 0 Å². The zero-order valence-corrected chi connectivity index (χ0v) is 9.28. The highest BCUT2D eigenvalue weighted by Gasteiger charge is 2.13. The van der Waals surface area contributed by atoms with Crippen LogP contribution in [0.3, 0.4) is 0 Å². The van der Waals surface area contributed by atoms with E-state index in [0.29, 0.717) is 0 Å². The molecular formula is C7H10BrN5. The van der Waals surface area contributed by atoms with Gasteiger partial charge in [0.15, 0.2) is 4.73 Å². The van der Waals surface area contributed by atoms with E-state index < -0.39 is 0 Å². The predicted octanol–water partition coefficient (Wildman–Crippen LogP) is 2.86. The van der Waals surface area contributed by atoms with Crippen molar-refractivity contribution in [1.29, 1.82) is 0 Å². The first kappa shape index (κ1) is 10.1. The summed E-state index contributed by atoms with van der Waals surface area (Å²) in [6.45, 7) is 3.76. The van der Waals surface area contributed by atoms with Crippen LogP contribution in [0.25, 0.3) is 10.4 Å². The molecule has 0 aliphatic rings. The Morgan fingerprint density at radius 2 is 2.31 bits per heavy atom. The summed E-state index contributed by atoms with van der Waals surface area (Å²) in [6, 6.07) is -0.220. The number of aromatic nitrogens is 2. The highest BCUT2D eigenvalue weighted by Crippen LogP contribution is 2.22. The molecule has 1 unspecified atom stereocenters. The maximum Gasteiger partial charge on any atom is 0.177 e. The fraction of sp³-hybridized carbons (Fsp3) is 0.571. The van der Waals surface area contributed by atoms with Crippen molar-refractivity contribution in [2.75, 3.05) is 0 Å². The van der Waals surface area contributed by atoms with Crippen molar-refractivity contribution in [2.45, 2.75) is 19.9 Å². The summed E-state index contributed by atoms with van der Waals surface area (Å²) < 4.78 is 2.65. The summed E-state index contributed by atoms with van der Waals surface area (Å²) in [5, 5.41) is 3.59. The summed E-state index contributed by atoms with van der Waals surface area (Å²) in [6.07, 6.45) is 0. The molecule has 0 aliphatic heterocycles. The van der Waals surface area contributed by atoms with E-state index in [-0.39, 0.29) is 6.04 Å². The summed E-state index contributed by atoms with van der Waals surface area (Å²) >= 11 is 3.30. The number of azide groups is 1. The van der Waals surface area contributed by atoms with Gasteiger partial charge in [-0.05, 0) is 28.4 Å². The molecule has 0 spiro atoms. The van der Waals surface area contributed by atoms with Crippen molar-refractivity contribution in [1.82, 2.24) is 9.55 Å². The molecule has 0 saturated heterocycles. The number of halogens is 1. The molecule has 0 amide bonds. The number of hydrogen-bond acceptors (Lipinski definition) is 2. The standard InChI is InChI=1S/C7H10BrN5/c1-4(11-12-9)6-5(2)13(3)7(8)10-6/h4H,1-3H3. The molecule has 1 heterocycles. The second-order valence-electron chi connectivity index (χ2n) is 2.79. The monoisotopic (exact) mass is 243 g/mol. The molecule has 0 N–H and O–H groups in total. The van der Waals surface area contributed by atoms with Crippen molar-refractivity contribution in [3.05, 3.63) is 26.6 Å². The van der Waals surface area contributed by atoms with E-state index in [2.05, 4.69) is 30.9 Å². The summed E-state index contributed by atoms with van der Waals surface area (Å²) in [5.41, 5.74) is 10.1. The molecule has 1 aromatic rings. The summed E-state index contributed by atoms with van der Waals surface area (Å²) in [7, 11) is 1.90. The van der Waals surface area contributed by atoms with Gasteiger partial charge in [-0.25, -0.2) is 4.98 Å². The molecule has 5 nitrogen and oxygen atoms in total. The molecular weight excluding hydrogens is 234 g/mol. The molecule has 0 aromatic carbocycles. The lowest BCUT2D eigenvalue weighted by Crippen LogP contribution is -1.95. The summed E-state index contributed by atoms with van der Waals surface area (Å²) in [4.78, 5) is 7.00. The van der Waals surface area contributed by atoms with E-state index in [9.17, 15) is 0 Å². The van der Waals surface area contributed by atoms with Crippen molar-refractivity contribution in [2.24, 2.45) is 12.2 Å². The first-order valence-electron chi connectivity index (χ1n) is 3.80. The van der Waals surface area contributed by atoms with Gasteiger partial charge >= 0.3 is 0 Å². The quantitative estimate of drug-likeness (QED) is 0.448. The molecule has 0 fully saturated rings. The Hall–Kier alpha value is -1.000. The van der Waals surface area contributed by atoms with Crippen LogP contribution in [0.2, 0.25) is 0 Å². The minimum absolute atomic E-state index is 0.220. The lowest BCUT2D eigenvalue weighted by Gasteiger charge is -2.01. The molecule has 1 rings (SSSR count). The van der Waals surface area contributed by atoms with Crippen LogP contribution in [-0.2, 0) is 7.05 Å². The Labute approximate surface area is 84.5 Å². The third kappa shape index (κ3) is 1.84. The Bertz CT molecular complexity index is 363.